The van der Waals surface area contributed by atoms with Gasteiger partial charge >= 0.3 is 0 Å². The molecule has 0 saturated carbocycles. The van der Waals surface area contributed by atoms with Crippen LogP contribution in [0, 0.1) is 5.82 Å². The zero-order valence-electron chi connectivity index (χ0n) is 16.7. The van der Waals surface area contributed by atoms with Gasteiger partial charge in [0, 0.05) is 18.1 Å². The van der Waals surface area contributed by atoms with E-state index < -0.39 is 33.2 Å². The van der Waals surface area contributed by atoms with Gasteiger partial charge in [-0.1, -0.05) is 66.2 Å². The highest BCUT2D eigenvalue weighted by atomic mass is 35.5. The highest BCUT2D eigenvalue weighted by molar-refractivity contribution is 7.89. The third-order valence-electron chi connectivity index (χ3n) is 4.63. The molecular formula is C23H22ClFN2O3S. The summed E-state index contributed by atoms with van der Waals surface area (Å²) in [6, 6.07) is 21.3. The van der Waals surface area contributed by atoms with Crippen molar-refractivity contribution in [1.82, 2.24) is 9.62 Å². The lowest BCUT2D eigenvalue weighted by molar-refractivity contribution is -0.121. The van der Waals surface area contributed by atoms with E-state index in [4.69, 9.17) is 11.6 Å². The number of nitrogens with zero attached hydrogens (tertiary/aromatic N) is 1. The SMILES string of the molecule is O=C(CN(Cc1ccccc1)S(=O)(=O)c1ccccc1F)NCCc1ccc(Cl)cc1. The molecule has 0 aliphatic rings. The third-order valence-corrected chi connectivity index (χ3v) is 6.70. The van der Waals surface area contributed by atoms with Crippen LogP contribution < -0.4 is 5.32 Å². The van der Waals surface area contributed by atoms with E-state index in [9.17, 15) is 17.6 Å². The van der Waals surface area contributed by atoms with Crippen LogP contribution in [-0.4, -0.2) is 31.7 Å². The van der Waals surface area contributed by atoms with Crippen molar-refractivity contribution in [3.63, 3.8) is 0 Å². The first kappa shape index (κ1) is 22.9. The van der Waals surface area contributed by atoms with Crippen molar-refractivity contribution in [2.45, 2.75) is 17.9 Å². The fourth-order valence-corrected chi connectivity index (χ4v) is 4.59. The van der Waals surface area contributed by atoms with Gasteiger partial charge in [0.15, 0.2) is 0 Å². The van der Waals surface area contributed by atoms with Crippen LogP contribution >= 0.6 is 11.6 Å². The Bertz CT molecular complexity index is 1120. The zero-order valence-corrected chi connectivity index (χ0v) is 18.2. The topological polar surface area (TPSA) is 66.5 Å². The summed E-state index contributed by atoms with van der Waals surface area (Å²) in [5.74, 6) is -1.33. The number of carbonyl (C=O) groups is 1. The Kier molecular flexibility index (Phi) is 7.79. The summed E-state index contributed by atoms with van der Waals surface area (Å²) >= 11 is 5.87. The zero-order chi connectivity index (χ0) is 22.3. The Morgan fingerprint density at radius 1 is 0.903 bits per heavy atom. The fraction of sp³-hybridized carbons (Fsp3) is 0.174. The van der Waals surface area contributed by atoms with Crippen molar-refractivity contribution in [1.29, 1.82) is 0 Å². The maximum absolute atomic E-state index is 14.2. The van der Waals surface area contributed by atoms with E-state index in [1.54, 1.807) is 36.4 Å². The van der Waals surface area contributed by atoms with Crippen molar-refractivity contribution >= 4 is 27.5 Å². The van der Waals surface area contributed by atoms with Gasteiger partial charge in [-0.3, -0.25) is 4.79 Å². The minimum atomic E-state index is -4.22. The highest BCUT2D eigenvalue weighted by Gasteiger charge is 2.29. The minimum Gasteiger partial charge on any atom is -0.355 e. The maximum Gasteiger partial charge on any atom is 0.246 e. The first-order valence-corrected chi connectivity index (χ1v) is 11.5. The number of benzene rings is 3. The van der Waals surface area contributed by atoms with Crippen molar-refractivity contribution in [2.24, 2.45) is 0 Å². The number of rotatable bonds is 9. The first-order valence-electron chi connectivity index (χ1n) is 9.66. The number of sulfonamides is 1. The van der Waals surface area contributed by atoms with Crippen LogP contribution in [0.15, 0.2) is 83.8 Å². The summed E-state index contributed by atoms with van der Waals surface area (Å²) in [5, 5.41) is 3.36. The number of hydrogen-bond donors (Lipinski definition) is 1. The number of hydrogen-bond acceptors (Lipinski definition) is 3. The number of nitrogens with one attached hydrogen (secondary N) is 1. The van der Waals surface area contributed by atoms with Gasteiger partial charge in [-0.25, -0.2) is 12.8 Å². The van der Waals surface area contributed by atoms with E-state index in [2.05, 4.69) is 5.32 Å². The molecule has 162 valence electrons. The van der Waals surface area contributed by atoms with Gasteiger partial charge < -0.3 is 5.32 Å². The first-order chi connectivity index (χ1) is 14.9. The van der Waals surface area contributed by atoms with Crippen LogP contribution in [0.1, 0.15) is 11.1 Å². The molecule has 0 fully saturated rings. The quantitative estimate of drug-likeness (QED) is 0.524. The standard InChI is InChI=1S/C23H22ClFN2O3S/c24-20-12-10-18(11-13-20)14-15-26-23(28)17-27(16-19-6-2-1-3-7-19)31(29,30)22-9-5-4-8-21(22)25/h1-13H,14-17H2,(H,26,28). The molecule has 31 heavy (non-hydrogen) atoms. The van der Waals surface area contributed by atoms with E-state index in [0.717, 1.165) is 15.9 Å². The Morgan fingerprint density at radius 2 is 1.55 bits per heavy atom. The molecule has 5 nitrogen and oxygen atoms in total. The predicted octanol–water partition coefficient (Wildman–Crippen LogP) is 4.03. The van der Waals surface area contributed by atoms with Gasteiger partial charge in [0.25, 0.3) is 0 Å². The molecule has 3 aromatic rings. The van der Waals surface area contributed by atoms with E-state index in [-0.39, 0.29) is 6.54 Å². The van der Waals surface area contributed by atoms with Crippen molar-refractivity contribution in [3.8, 4) is 0 Å². The van der Waals surface area contributed by atoms with Gasteiger partial charge in [-0.2, -0.15) is 4.31 Å². The van der Waals surface area contributed by atoms with Gasteiger partial charge in [-0.15, -0.1) is 0 Å². The van der Waals surface area contributed by atoms with E-state index >= 15 is 0 Å². The monoisotopic (exact) mass is 460 g/mol. The van der Waals surface area contributed by atoms with Crippen molar-refractivity contribution < 1.29 is 17.6 Å². The summed E-state index contributed by atoms with van der Waals surface area (Å²) in [6.45, 7) is -0.145. The molecule has 0 heterocycles. The lowest BCUT2D eigenvalue weighted by Gasteiger charge is -2.22. The van der Waals surface area contributed by atoms with Crippen LogP contribution in [0.2, 0.25) is 5.02 Å². The highest BCUT2D eigenvalue weighted by Crippen LogP contribution is 2.21. The summed E-state index contributed by atoms with van der Waals surface area (Å²) < 4.78 is 41.4. The van der Waals surface area contributed by atoms with Crippen LogP contribution in [0.4, 0.5) is 4.39 Å². The van der Waals surface area contributed by atoms with Crippen LogP contribution in [0.5, 0.6) is 0 Å². The smallest absolute Gasteiger partial charge is 0.246 e. The molecule has 0 radical (unpaired) electrons. The molecule has 8 heteroatoms. The molecule has 0 aromatic heterocycles. The molecular weight excluding hydrogens is 439 g/mol. The van der Waals surface area contributed by atoms with Gasteiger partial charge in [0.2, 0.25) is 15.9 Å². The predicted molar refractivity (Wildman–Crippen MR) is 119 cm³/mol. The molecule has 3 aromatic carbocycles. The summed E-state index contributed by atoms with van der Waals surface area (Å²) in [7, 11) is -4.22. The lowest BCUT2D eigenvalue weighted by Crippen LogP contribution is -2.41. The maximum atomic E-state index is 14.2. The Balaban J connectivity index is 1.72. The fourth-order valence-electron chi connectivity index (χ4n) is 3.02. The minimum absolute atomic E-state index is 0.0535. The average Bonchev–Trinajstić information content (AvgIpc) is 2.75. The summed E-state index contributed by atoms with van der Waals surface area (Å²) in [5.41, 5.74) is 1.68. The van der Waals surface area contributed by atoms with E-state index in [1.165, 1.54) is 18.2 Å². The average molecular weight is 461 g/mol. The van der Waals surface area contributed by atoms with Gasteiger partial charge in [0.1, 0.15) is 10.7 Å². The molecule has 0 spiro atoms. The van der Waals surface area contributed by atoms with Crippen LogP contribution in [0.3, 0.4) is 0 Å². The van der Waals surface area contributed by atoms with Crippen LogP contribution in [0.25, 0.3) is 0 Å². The molecule has 3 rings (SSSR count). The van der Waals surface area contributed by atoms with Crippen LogP contribution in [-0.2, 0) is 27.8 Å². The molecule has 0 unspecified atom stereocenters. The third kappa shape index (κ3) is 6.37. The Morgan fingerprint density at radius 3 is 2.23 bits per heavy atom. The van der Waals surface area contributed by atoms with Crippen molar-refractivity contribution in [2.75, 3.05) is 13.1 Å². The lowest BCUT2D eigenvalue weighted by atomic mass is 10.1. The van der Waals surface area contributed by atoms with Crippen molar-refractivity contribution in [3.05, 3.63) is 101 Å². The van der Waals surface area contributed by atoms with E-state index in [0.29, 0.717) is 23.6 Å². The number of carbonyl (C=O) groups excluding carboxylic acids is 1. The second-order valence-electron chi connectivity index (χ2n) is 6.92. The molecule has 1 amide bonds. The molecule has 0 aliphatic carbocycles. The summed E-state index contributed by atoms with van der Waals surface area (Å²) in [6.07, 6.45) is 0.571. The second kappa shape index (κ2) is 10.5. The second-order valence-corrected chi connectivity index (χ2v) is 9.26. The van der Waals surface area contributed by atoms with Gasteiger partial charge in [0.05, 0.1) is 6.54 Å². The number of amides is 1. The molecule has 0 aliphatic heterocycles. The van der Waals surface area contributed by atoms with Gasteiger partial charge in [-0.05, 0) is 41.8 Å². The van der Waals surface area contributed by atoms with E-state index in [1.807, 2.05) is 18.2 Å². The Labute approximate surface area is 186 Å². The molecule has 1 N–H and O–H groups in total. The Hall–Kier alpha value is -2.74. The number of halogens is 2. The molecule has 0 saturated heterocycles. The summed E-state index contributed by atoms with van der Waals surface area (Å²) in [4.78, 5) is 12.1. The molecule has 0 atom stereocenters. The molecule has 0 bridgehead atoms. The largest absolute Gasteiger partial charge is 0.355 e. The normalized spacial score (nSPS) is 11.5.